The molecular weight excluding hydrogens is 357 g/mol. The van der Waals surface area contributed by atoms with E-state index in [0.717, 1.165) is 5.56 Å². The first-order valence-electron chi connectivity index (χ1n) is 7.92. The molecule has 0 spiro atoms. The number of benzene rings is 2. The quantitative estimate of drug-likeness (QED) is 0.570. The first-order chi connectivity index (χ1) is 12.7. The van der Waals surface area contributed by atoms with Crippen molar-refractivity contribution in [2.24, 2.45) is 0 Å². The summed E-state index contributed by atoms with van der Waals surface area (Å²) in [5.41, 5.74) is 1.50. The lowest BCUT2D eigenvalue weighted by Crippen LogP contribution is -2.07. The number of hydrogen-bond acceptors (Lipinski definition) is 6. The van der Waals surface area contributed by atoms with Gasteiger partial charge in [0.2, 0.25) is 11.7 Å². The van der Waals surface area contributed by atoms with Gasteiger partial charge in [0.1, 0.15) is 18.0 Å². The molecule has 4 rings (SSSR count). The van der Waals surface area contributed by atoms with Gasteiger partial charge in [-0.05, 0) is 42.5 Å². The van der Waals surface area contributed by atoms with E-state index >= 15 is 0 Å². The lowest BCUT2D eigenvalue weighted by molar-refractivity contribution is 0.381. The van der Waals surface area contributed by atoms with E-state index in [1.165, 1.54) is 18.5 Å². The van der Waals surface area contributed by atoms with Crippen LogP contribution in [0.3, 0.4) is 0 Å². The van der Waals surface area contributed by atoms with Gasteiger partial charge in [0.05, 0.1) is 5.52 Å². The Kier molecular flexibility index (Phi) is 4.45. The van der Waals surface area contributed by atoms with Crippen LogP contribution in [0.25, 0.3) is 22.3 Å². The van der Waals surface area contributed by atoms with E-state index in [0.29, 0.717) is 46.4 Å². The average Bonchev–Trinajstić information content (AvgIpc) is 3.11. The second-order valence-electron chi connectivity index (χ2n) is 5.58. The largest absolute Gasteiger partial charge is 0.369 e. The molecule has 0 aliphatic heterocycles. The minimum Gasteiger partial charge on any atom is -0.369 e. The van der Waals surface area contributed by atoms with Crippen molar-refractivity contribution in [1.29, 1.82) is 0 Å². The molecule has 6 nitrogen and oxygen atoms in total. The van der Waals surface area contributed by atoms with Gasteiger partial charge in [-0.2, -0.15) is 4.98 Å². The lowest BCUT2D eigenvalue weighted by atomic mass is 10.2. The fraction of sp³-hybridized carbons (Fsp3) is 0.111. The van der Waals surface area contributed by atoms with Gasteiger partial charge in [0.25, 0.3) is 0 Å². The molecule has 0 saturated heterocycles. The molecule has 0 aliphatic rings. The predicted molar refractivity (Wildman–Crippen MR) is 96.4 cm³/mol. The Morgan fingerprint density at radius 3 is 2.77 bits per heavy atom. The van der Waals surface area contributed by atoms with Crippen molar-refractivity contribution in [3.8, 4) is 11.4 Å². The van der Waals surface area contributed by atoms with Crippen LogP contribution in [0, 0.1) is 5.82 Å². The first-order valence-corrected chi connectivity index (χ1v) is 8.29. The Bertz CT molecular complexity index is 1050. The number of rotatable bonds is 5. The molecule has 0 aliphatic carbocycles. The zero-order valence-corrected chi connectivity index (χ0v) is 14.2. The van der Waals surface area contributed by atoms with Gasteiger partial charge in [-0.15, -0.1) is 0 Å². The van der Waals surface area contributed by atoms with Gasteiger partial charge in [0, 0.05) is 28.9 Å². The highest BCUT2D eigenvalue weighted by atomic mass is 35.5. The molecule has 0 bridgehead atoms. The molecule has 2 aromatic heterocycles. The van der Waals surface area contributed by atoms with Gasteiger partial charge in [-0.1, -0.05) is 16.8 Å². The number of nitrogens with zero attached hydrogens (tertiary/aromatic N) is 4. The van der Waals surface area contributed by atoms with Crippen LogP contribution in [-0.4, -0.2) is 26.7 Å². The number of aromatic nitrogens is 4. The Balaban J connectivity index is 1.44. The first kappa shape index (κ1) is 16.4. The Morgan fingerprint density at radius 1 is 1.08 bits per heavy atom. The highest BCUT2D eigenvalue weighted by Crippen LogP contribution is 2.21. The van der Waals surface area contributed by atoms with Crippen molar-refractivity contribution in [3.63, 3.8) is 0 Å². The summed E-state index contributed by atoms with van der Waals surface area (Å²) in [6.07, 6.45) is 1.94. The molecule has 0 unspecified atom stereocenters. The van der Waals surface area contributed by atoms with Gasteiger partial charge in [-0.25, -0.2) is 14.4 Å². The summed E-state index contributed by atoms with van der Waals surface area (Å²) in [4.78, 5) is 12.7. The molecule has 26 heavy (non-hydrogen) atoms. The van der Waals surface area contributed by atoms with Crippen LogP contribution in [0.15, 0.2) is 53.3 Å². The van der Waals surface area contributed by atoms with E-state index in [1.54, 1.807) is 18.2 Å². The second kappa shape index (κ2) is 7.05. The van der Waals surface area contributed by atoms with Crippen LogP contribution in [-0.2, 0) is 6.42 Å². The van der Waals surface area contributed by atoms with Crippen molar-refractivity contribution >= 4 is 28.3 Å². The van der Waals surface area contributed by atoms with Crippen LogP contribution in [0.2, 0.25) is 5.02 Å². The summed E-state index contributed by atoms with van der Waals surface area (Å²) in [5, 5.41) is 8.40. The molecule has 0 radical (unpaired) electrons. The van der Waals surface area contributed by atoms with E-state index in [9.17, 15) is 4.39 Å². The zero-order valence-electron chi connectivity index (χ0n) is 13.5. The highest BCUT2D eigenvalue weighted by molar-refractivity contribution is 6.30. The Morgan fingerprint density at radius 2 is 1.92 bits per heavy atom. The van der Waals surface area contributed by atoms with Gasteiger partial charge in [0.15, 0.2) is 0 Å². The number of halogens is 2. The monoisotopic (exact) mass is 369 g/mol. The molecular formula is C18H13ClFN5O. The third kappa shape index (κ3) is 3.48. The summed E-state index contributed by atoms with van der Waals surface area (Å²) >= 11 is 5.88. The van der Waals surface area contributed by atoms with Crippen LogP contribution < -0.4 is 5.32 Å². The van der Waals surface area contributed by atoms with Crippen LogP contribution in [0.1, 0.15) is 5.89 Å². The molecule has 1 N–H and O–H groups in total. The maximum Gasteiger partial charge on any atom is 0.228 e. The van der Waals surface area contributed by atoms with Gasteiger partial charge in [-0.3, -0.25) is 0 Å². The number of fused-ring (bicyclic) bond motifs is 1. The summed E-state index contributed by atoms with van der Waals surface area (Å²) in [5.74, 6) is 1.23. The fourth-order valence-corrected chi connectivity index (χ4v) is 2.66. The van der Waals surface area contributed by atoms with Crippen molar-refractivity contribution < 1.29 is 8.91 Å². The fourth-order valence-electron chi connectivity index (χ4n) is 2.53. The van der Waals surface area contributed by atoms with E-state index in [-0.39, 0.29) is 5.82 Å². The van der Waals surface area contributed by atoms with Crippen molar-refractivity contribution in [2.75, 3.05) is 11.9 Å². The molecule has 0 atom stereocenters. The average molecular weight is 370 g/mol. The molecule has 8 heteroatoms. The zero-order chi connectivity index (χ0) is 17.9. The SMILES string of the molecule is Fc1ccc2ncnc(NCCc3nc(-c4ccc(Cl)cc4)no3)c2c1. The summed E-state index contributed by atoms with van der Waals surface area (Å²) in [6.45, 7) is 0.505. The number of nitrogens with one attached hydrogen (secondary N) is 1. The van der Waals surface area contributed by atoms with Crippen LogP contribution in [0.4, 0.5) is 10.2 Å². The lowest BCUT2D eigenvalue weighted by Gasteiger charge is -2.06. The Labute approximate surface area is 153 Å². The number of hydrogen-bond donors (Lipinski definition) is 1. The maximum atomic E-state index is 13.5. The van der Waals surface area contributed by atoms with E-state index in [2.05, 4.69) is 25.4 Å². The van der Waals surface area contributed by atoms with Crippen molar-refractivity contribution in [2.45, 2.75) is 6.42 Å². The molecule has 4 aromatic rings. The maximum absolute atomic E-state index is 13.5. The van der Waals surface area contributed by atoms with Crippen molar-refractivity contribution in [1.82, 2.24) is 20.1 Å². The highest BCUT2D eigenvalue weighted by Gasteiger charge is 2.09. The van der Waals surface area contributed by atoms with E-state index < -0.39 is 0 Å². The summed E-state index contributed by atoms with van der Waals surface area (Å²) in [6, 6.07) is 11.6. The smallest absolute Gasteiger partial charge is 0.228 e. The summed E-state index contributed by atoms with van der Waals surface area (Å²) < 4.78 is 18.7. The molecule has 130 valence electrons. The third-order valence-corrected chi connectivity index (χ3v) is 4.05. The van der Waals surface area contributed by atoms with Crippen LogP contribution in [0.5, 0.6) is 0 Å². The minimum atomic E-state index is -0.333. The second-order valence-corrected chi connectivity index (χ2v) is 6.02. The molecule has 0 saturated carbocycles. The molecule has 0 amide bonds. The van der Waals surface area contributed by atoms with Gasteiger partial charge < -0.3 is 9.84 Å². The topological polar surface area (TPSA) is 76.7 Å². The summed E-state index contributed by atoms with van der Waals surface area (Å²) in [7, 11) is 0. The normalized spacial score (nSPS) is 11.0. The van der Waals surface area contributed by atoms with E-state index in [4.69, 9.17) is 16.1 Å². The van der Waals surface area contributed by atoms with E-state index in [1.807, 2.05) is 12.1 Å². The van der Waals surface area contributed by atoms with Crippen LogP contribution >= 0.6 is 11.6 Å². The molecule has 2 heterocycles. The Hall–Kier alpha value is -3.06. The standard InChI is InChI=1S/C18H13ClFN5O/c19-12-3-1-11(2-4-12)17-24-16(26-25-17)7-8-21-18-14-9-13(20)5-6-15(14)22-10-23-18/h1-6,9-10H,7-8H2,(H,21,22,23). The van der Waals surface area contributed by atoms with Gasteiger partial charge >= 0.3 is 0 Å². The predicted octanol–water partition coefficient (Wildman–Crippen LogP) is 4.13. The molecule has 2 aromatic carbocycles. The van der Waals surface area contributed by atoms with Crippen molar-refractivity contribution in [3.05, 3.63) is 65.5 Å². The third-order valence-electron chi connectivity index (χ3n) is 3.80. The minimum absolute atomic E-state index is 0.333. The molecule has 0 fully saturated rings. The number of anilines is 1.